The van der Waals surface area contributed by atoms with Crippen molar-refractivity contribution in [2.75, 3.05) is 40.3 Å². The van der Waals surface area contributed by atoms with Crippen LogP contribution in [0.15, 0.2) is 24.3 Å². The van der Waals surface area contributed by atoms with Gasteiger partial charge in [-0.05, 0) is 43.4 Å². The molecule has 3 rings (SSSR count). The molecule has 2 aliphatic rings. The van der Waals surface area contributed by atoms with Gasteiger partial charge in [0.2, 0.25) is 5.91 Å². The van der Waals surface area contributed by atoms with Gasteiger partial charge in [-0.1, -0.05) is 12.1 Å². The second-order valence-corrected chi connectivity index (χ2v) is 7.87. The van der Waals surface area contributed by atoms with Crippen LogP contribution in [0.4, 0.5) is 4.79 Å². The molecule has 152 valence electrons. The first-order valence-corrected chi connectivity index (χ1v) is 10.1. The Balaban J connectivity index is 1.50. The molecule has 0 aromatic heterocycles. The number of nitrogens with one attached hydrogen (secondary N) is 1. The van der Waals surface area contributed by atoms with Crippen molar-refractivity contribution in [3.8, 4) is 0 Å². The van der Waals surface area contributed by atoms with Gasteiger partial charge in [-0.15, -0.1) is 0 Å². The second kappa shape index (κ2) is 9.08. The molecule has 1 atom stereocenters. The van der Waals surface area contributed by atoms with Crippen molar-refractivity contribution < 1.29 is 14.4 Å². The second-order valence-electron chi connectivity index (χ2n) is 7.87. The molecule has 7 heteroatoms. The fraction of sp³-hybridized carbons (Fsp3) is 0.571. The summed E-state index contributed by atoms with van der Waals surface area (Å²) in [5.41, 5.74) is 1.56. The number of nitrogens with zero attached hydrogens (tertiary/aromatic N) is 3. The Bertz CT molecular complexity index is 711. The van der Waals surface area contributed by atoms with Gasteiger partial charge in [0.1, 0.15) is 0 Å². The first-order valence-electron chi connectivity index (χ1n) is 10.1. The van der Waals surface area contributed by atoms with Crippen LogP contribution < -0.4 is 5.32 Å². The van der Waals surface area contributed by atoms with Gasteiger partial charge in [0.05, 0.1) is 5.92 Å². The average Bonchev–Trinajstić information content (AvgIpc) is 3.26. The van der Waals surface area contributed by atoms with Gasteiger partial charge < -0.3 is 20.0 Å². The van der Waals surface area contributed by atoms with Crippen molar-refractivity contribution in [3.63, 3.8) is 0 Å². The maximum atomic E-state index is 12.6. The highest BCUT2D eigenvalue weighted by atomic mass is 16.2. The lowest BCUT2D eigenvalue weighted by Gasteiger charge is -2.34. The van der Waals surface area contributed by atoms with Crippen LogP contribution in [0, 0.1) is 5.92 Å². The standard InChI is InChI=1S/C21H30N4O3/c1-23(2)19(26)17-9-7-16(8-10-17)14-22-21(28)25-13-5-6-18(15-25)20(27)24-11-3-4-12-24/h7-10,18H,3-6,11-15H2,1-2H3,(H,22,28). The zero-order valence-corrected chi connectivity index (χ0v) is 16.8. The van der Waals surface area contributed by atoms with E-state index in [1.807, 2.05) is 17.0 Å². The van der Waals surface area contributed by atoms with Crippen LogP contribution >= 0.6 is 0 Å². The largest absolute Gasteiger partial charge is 0.345 e. The smallest absolute Gasteiger partial charge is 0.317 e. The van der Waals surface area contributed by atoms with Crippen LogP contribution in [-0.4, -0.2) is 72.8 Å². The van der Waals surface area contributed by atoms with Gasteiger partial charge >= 0.3 is 6.03 Å². The Hall–Kier alpha value is -2.57. The van der Waals surface area contributed by atoms with E-state index in [0.717, 1.165) is 44.3 Å². The van der Waals surface area contributed by atoms with Crippen LogP contribution in [0.5, 0.6) is 0 Å². The molecule has 1 aromatic carbocycles. The van der Waals surface area contributed by atoms with Gasteiger partial charge in [0.25, 0.3) is 5.91 Å². The minimum atomic E-state index is -0.132. The lowest BCUT2D eigenvalue weighted by molar-refractivity contribution is -0.135. The quantitative estimate of drug-likeness (QED) is 0.859. The highest BCUT2D eigenvalue weighted by molar-refractivity contribution is 5.93. The van der Waals surface area contributed by atoms with Crippen LogP contribution in [0.2, 0.25) is 0 Å². The summed E-state index contributed by atoms with van der Waals surface area (Å²) in [5.74, 6) is 0.0858. The van der Waals surface area contributed by atoms with E-state index in [1.54, 1.807) is 31.1 Å². The van der Waals surface area contributed by atoms with E-state index >= 15 is 0 Å². The minimum Gasteiger partial charge on any atom is -0.345 e. The summed E-state index contributed by atoms with van der Waals surface area (Å²) in [7, 11) is 3.44. The molecule has 2 fully saturated rings. The fourth-order valence-corrected chi connectivity index (χ4v) is 3.87. The zero-order valence-electron chi connectivity index (χ0n) is 16.8. The van der Waals surface area contributed by atoms with Crippen molar-refractivity contribution in [3.05, 3.63) is 35.4 Å². The molecule has 2 saturated heterocycles. The first-order chi connectivity index (χ1) is 13.5. The Morgan fingerprint density at radius 3 is 2.29 bits per heavy atom. The summed E-state index contributed by atoms with van der Waals surface area (Å²) >= 11 is 0. The number of benzene rings is 1. The lowest BCUT2D eigenvalue weighted by Crippen LogP contribution is -2.49. The van der Waals surface area contributed by atoms with E-state index in [-0.39, 0.29) is 23.8 Å². The maximum absolute atomic E-state index is 12.6. The van der Waals surface area contributed by atoms with Crippen LogP contribution in [0.1, 0.15) is 41.6 Å². The molecule has 28 heavy (non-hydrogen) atoms. The zero-order chi connectivity index (χ0) is 20.1. The number of piperidine rings is 1. The summed E-state index contributed by atoms with van der Waals surface area (Å²) in [5, 5.41) is 2.94. The predicted octanol–water partition coefficient (Wildman–Crippen LogP) is 1.93. The molecule has 0 spiro atoms. The molecule has 0 aliphatic carbocycles. The highest BCUT2D eigenvalue weighted by Crippen LogP contribution is 2.21. The van der Waals surface area contributed by atoms with Crippen LogP contribution in [0.25, 0.3) is 0 Å². The monoisotopic (exact) mass is 386 g/mol. The number of carbonyl (C=O) groups excluding carboxylic acids is 3. The maximum Gasteiger partial charge on any atom is 0.317 e. The number of likely N-dealkylation sites (tertiary alicyclic amines) is 2. The van der Waals surface area contributed by atoms with E-state index in [0.29, 0.717) is 25.2 Å². The van der Waals surface area contributed by atoms with E-state index in [1.165, 1.54) is 4.90 Å². The average molecular weight is 386 g/mol. The molecular weight excluding hydrogens is 356 g/mol. The Kier molecular flexibility index (Phi) is 6.54. The van der Waals surface area contributed by atoms with Crippen LogP contribution in [-0.2, 0) is 11.3 Å². The molecular formula is C21H30N4O3. The van der Waals surface area contributed by atoms with E-state index in [9.17, 15) is 14.4 Å². The highest BCUT2D eigenvalue weighted by Gasteiger charge is 2.32. The SMILES string of the molecule is CN(C)C(=O)c1ccc(CNC(=O)N2CCCC(C(=O)N3CCCC3)C2)cc1. The Morgan fingerprint density at radius 2 is 1.64 bits per heavy atom. The molecule has 2 heterocycles. The van der Waals surface area contributed by atoms with E-state index in [2.05, 4.69) is 5.32 Å². The Labute approximate surface area is 166 Å². The Morgan fingerprint density at radius 1 is 1.00 bits per heavy atom. The van der Waals surface area contributed by atoms with Gasteiger partial charge in [0.15, 0.2) is 0 Å². The number of amides is 4. The topological polar surface area (TPSA) is 73.0 Å². The molecule has 0 radical (unpaired) electrons. The third-order valence-corrected chi connectivity index (χ3v) is 5.53. The normalized spacial score (nSPS) is 19.4. The lowest BCUT2D eigenvalue weighted by atomic mass is 9.97. The molecule has 7 nitrogen and oxygen atoms in total. The van der Waals surface area contributed by atoms with E-state index in [4.69, 9.17) is 0 Å². The summed E-state index contributed by atoms with van der Waals surface area (Å²) in [4.78, 5) is 42.3. The van der Waals surface area contributed by atoms with Crippen molar-refractivity contribution >= 4 is 17.8 Å². The van der Waals surface area contributed by atoms with Crippen molar-refractivity contribution in [1.82, 2.24) is 20.0 Å². The predicted molar refractivity (Wildman–Crippen MR) is 107 cm³/mol. The number of carbonyl (C=O) groups is 3. The molecule has 0 bridgehead atoms. The molecule has 4 amide bonds. The van der Waals surface area contributed by atoms with E-state index < -0.39 is 0 Å². The molecule has 0 saturated carbocycles. The van der Waals surface area contributed by atoms with Crippen molar-refractivity contribution in [1.29, 1.82) is 0 Å². The molecule has 1 N–H and O–H groups in total. The molecule has 1 aromatic rings. The van der Waals surface area contributed by atoms with Gasteiger partial charge in [-0.2, -0.15) is 0 Å². The fourth-order valence-electron chi connectivity index (χ4n) is 3.87. The number of rotatable bonds is 4. The van der Waals surface area contributed by atoms with Crippen molar-refractivity contribution in [2.24, 2.45) is 5.92 Å². The third kappa shape index (κ3) is 4.82. The molecule has 1 unspecified atom stereocenters. The van der Waals surface area contributed by atoms with Crippen LogP contribution in [0.3, 0.4) is 0 Å². The summed E-state index contributed by atoms with van der Waals surface area (Å²) in [6.45, 7) is 3.29. The summed E-state index contributed by atoms with van der Waals surface area (Å²) < 4.78 is 0. The van der Waals surface area contributed by atoms with Gasteiger partial charge in [0, 0.05) is 52.4 Å². The third-order valence-electron chi connectivity index (χ3n) is 5.53. The number of urea groups is 1. The minimum absolute atomic E-state index is 0.0439. The molecule has 2 aliphatic heterocycles. The number of hydrogen-bond acceptors (Lipinski definition) is 3. The van der Waals surface area contributed by atoms with Crippen molar-refractivity contribution in [2.45, 2.75) is 32.2 Å². The number of hydrogen-bond donors (Lipinski definition) is 1. The summed E-state index contributed by atoms with van der Waals surface area (Å²) in [6, 6.07) is 7.12. The summed E-state index contributed by atoms with van der Waals surface area (Å²) in [6.07, 6.45) is 3.89. The first kappa shape index (κ1) is 20.2. The van der Waals surface area contributed by atoms with Gasteiger partial charge in [-0.25, -0.2) is 4.79 Å². The van der Waals surface area contributed by atoms with Gasteiger partial charge in [-0.3, -0.25) is 9.59 Å².